The SMILES string of the molecule is Cc1cccc(CCO[C@H]2CC[C@H](Nc3ncnc(N)c3C=N)C2)c1. The lowest BCUT2D eigenvalue weighted by Crippen LogP contribution is -2.20. The molecule has 25 heavy (non-hydrogen) atoms. The Bertz CT molecular complexity index is 734. The maximum Gasteiger partial charge on any atom is 0.140 e. The van der Waals surface area contributed by atoms with Crippen LogP contribution in [0.4, 0.5) is 11.6 Å². The quantitative estimate of drug-likeness (QED) is 0.674. The molecular formula is C19H25N5O. The largest absolute Gasteiger partial charge is 0.383 e. The van der Waals surface area contributed by atoms with Crippen molar-refractivity contribution in [1.29, 1.82) is 5.41 Å². The molecule has 0 amide bonds. The van der Waals surface area contributed by atoms with Gasteiger partial charge in [-0.1, -0.05) is 29.8 Å². The number of aromatic nitrogens is 2. The van der Waals surface area contributed by atoms with Crippen LogP contribution in [0.3, 0.4) is 0 Å². The van der Waals surface area contributed by atoms with Gasteiger partial charge in [0.1, 0.15) is 18.0 Å². The van der Waals surface area contributed by atoms with Crippen molar-refractivity contribution in [3.8, 4) is 0 Å². The van der Waals surface area contributed by atoms with Crippen molar-refractivity contribution in [2.24, 2.45) is 0 Å². The molecule has 0 aliphatic heterocycles. The van der Waals surface area contributed by atoms with Gasteiger partial charge in [0.25, 0.3) is 0 Å². The monoisotopic (exact) mass is 339 g/mol. The van der Waals surface area contributed by atoms with Crippen LogP contribution in [0.15, 0.2) is 30.6 Å². The van der Waals surface area contributed by atoms with Gasteiger partial charge >= 0.3 is 0 Å². The van der Waals surface area contributed by atoms with Gasteiger partial charge in [0.2, 0.25) is 0 Å². The standard InChI is InChI=1S/C19H25N5O/c1-13-3-2-4-14(9-13)7-8-25-16-6-5-15(10-16)24-19-17(11-20)18(21)22-12-23-19/h2-4,9,11-12,15-16,20H,5-8,10H2,1H3,(H3,21,22,23,24)/t15-,16-/m0/s1. The maximum absolute atomic E-state index is 7.48. The van der Waals surface area contributed by atoms with Gasteiger partial charge in [0.05, 0.1) is 18.3 Å². The van der Waals surface area contributed by atoms with E-state index in [4.69, 9.17) is 15.9 Å². The number of nitrogens with one attached hydrogen (secondary N) is 2. The van der Waals surface area contributed by atoms with Crippen LogP contribution in [0, 0.1) is 12.3 Å². The van der Waals surface area contributed by atoms with E-state index in [2.05, 4.69) is 46.5 Å². The molecule has 0 radical (unpaired) electrons. The maximum atomic E-state index is 7.48. The summed E-state index contributed by atoms with van der Waals surface area (Å²) < 4.78 is 6.05. The molecule has 1 saturated carbocycles. The van der Waals surface area contributed by atoms with Gasteiger partial charge in [-0.2, -0.15) is 0 Å². The third-order valence-electron chi connectivity index (χ3n) is 4.61. The Morgan fingerprint density at radius 1 is 1.36 bits per heavy atom. The van der Waals surface area contributed by atoms with Crippen molar-refractivity contribution < 1.29 is 4.74 Å². The number of ether oxygens (including phenoxy) is 1. The molecule has 1 aliphatic carbocycles. The molecule has 1 aromatic carbocycles. The van der Waals surface area contributed by atoms with Crippen molar-refractivity contribution in [2.45, 2.75) is 44.8 Å². The van der Waals surface area contributed by atoms with Gasteiger partial charge in [-0.25, -0.2) is 9.97 Å². The molecule has 0 spiro atoms. The summed E-state index contributed by atoms with van der Waals surface area (Å²) in [6, 6.07) is 8.85. The van der Waals surface area contributed by atoms with E-state index in [0.717, 1.165) is 32.3 Å². The number of aryl methyl sites for hydroxylation is 1. The lowest BCUT2D eigenvalue weighted by molar-refractivity contribution is 0.0601. The van der Waals surface area contributed by atoms with Crippen molar-refractivity contribution in [3.05, 3.63) is 47.3 Å². The molecule has 2 aromatic rings. The molecule has 0 bridgehead atoms. The van der Waals surface area contributed by atoms with Crippen LogP contribution in [0.5, 0.6) is 0 Å². The summed E-state index contributed by atoms with van der Waals surface area (Å²) in [4.78, 5) is 8.14. The highest BCUT2D eigenvalue weighted by Crippen LogP contribution is 2.26. The third-order valence-corrected chi connectivity index (χ3v) is 4.61. The van der Waals surface area contributed by atoms with E-state index in [1.54, 1.807) is 0 Å². The van der Waals surface area contributed by atoms with Gasteiger partial charge in [0.15, 0.2) is 0 Å². The fraction of sp³-hybridized carbons (Fsp3) is 0.421. The molecule has 4 N–H and O–H groups in total. The molecule has 1 aliphatic rings. The highest BCUT2D eigenvalue weighted by molar-refractivity contribution is 5.89. The number of nitrogens with zero attached hydrogens (tertiary/aromatic N) is 2. The van der Waals surface area contributed by atoms with Gasteiger partial charge in [-0.05, 0) is 38.2 Å². The van der Waals surface area contributed by atoms with Crippen molar-refractivity contribution in [2.75, 3.05) is 17.7 Å². The van der Waals surface area contributed by atoms with E-state index in [9.17, 15) is 0 Å². The van der Waals surface area contributed by atoms with E-state index >= 15 is 0 Å². The first-order valence-corrected chi connectivity index (χ1v) is 8.70. The third kappa shape index (κ3) is 4.54. The van der Waals surface area contributed by atoms with Crippen LogP contribution < -0.4 is 11.1 Å². The smallest absolute Gasteiger partial charge is 0.140 e. The van der Waals surface area contributed by atoms with E-state index in [-0.39, 0.29) is 12.1 Å². The first-order chi connectivity index (χ1) is 12.2. The molecule has 132 valence electrons. The summed E-state index contributed by atoms with van der Waals surface area (Å²) in [5, 5.41) is 10.9. The lowest BCUT2D eigenvalue weighted by atomic mass is 10.1. The molecule has 0 saturated heterocycles. The zero-order valence-electron chi connectivity index (χ0n) is 14.5. The van der Waals surface area contributed by atoms with Crippen molar-refractivity contribution >= 4 is 17.9 Å². The summed E-state index contributed by atoms with van der Waals surface area (Å²) >= 11 is 0. The lowest BCUT2D eigenvalue weighted by Gasteiger charge is -2.16. The minimum absolute atomic E-state index is 0.268. The predicted molar refractivity (Wildman–Crippen MR) is 100 cm³/mol. The van der Waals surface area contributed by atoms with E-state index < -0.39 is 0 Å². The summed E-state index contributed by atoms with van der Waals surface area (Å²) in [6.45, 7) is 2.85. The fourth-order valence-corrected chi connectivity index (χ4v) is 3.29. The van der Waals surface area contributed by atoms with Crippen molar-refractivity contribution in [3.63, 3.8) is 0 Å². The molecular weight excluding hydrogens is 314 g/mol. The summed E-state index contributed by atoms with van der Waals surface area (Å²) in [5.41, 5.74) is 8.95. The minimum Gasteiger partial charge on any atom is -0.383 e. The number of hydrogen-bond donors (Lipinski definition) is 3. The van der Waals surface area contributed by atoms with Gasteiger partial charge in [0, 0.05) is 12.3 Å². The molecule has 0 unspecified atom stereocenters. The minimum atomic E-state index is 0.268. The summed E-state index contributed by atoms with van der Waals surface area (Å²) in [5.74, 6) is 0.962. The Morgan fingerprint density at radius 2 is 2.24 bits per heavy atom. The second kappa shape index (κ2) is 8.07. The van der Waals surface area contributed by atoms with Crippen LogP contribution >= 0.6 is 0 Å². The summed E-state index contributed by atoms with van der Waals surface area (Å²) in [7, 11) is 0. The zero-order valence-corrected chi connectivity index (χ0v) is 14.5. The van der Waals surface area contributed by atoms with Crippen LogP contribution in [0.25, 0.3) is 0 Å². The number of anilines is 2. The highest BCUT2D eigenvalue weighted by atomic mass is 16.5. The second-order valence-electron chi connectivity index (χ2n) is 6.55. The summed E-state index contributed by atoms with van der Waals surface area (Å²) in [6.07, 6.45) is 6.83. The van der Waals surface area contributed by atoms with Crippen LogP contribution in [-0.2, 0) is 11.2 Å². The van der Waals surface area contributed by atoms with Crippen LogP contribution in [-0.4, -0.2) is 34.9 Å². The first kappa shape index (κ1) is 17.4. The molecule has 6 nitrogen and oxygen atoms in total. The average Bonchev–Trinajstić information content (AvgIpc) is 3.03. The first-order valence-electron chi connectivity index (χ1n) is 8.70. The Balaban J connectivity index is 1.47. The highest BCUT2D eigenvalue weighted by Gasteiger charge is 2.26. The van der Waals surface area contributed by atoms with Gasteiger partial charge in [-0.15, -0.1) is 0 Å². The fourth-order valence-electron chi connectivity index (χ4n) is 3.29. The molecule has 3 rings (SSSR count). The molecule has 1 aromatic heterocycles. The van der Waals surface area contributed by atoms with Crippen LogP contribution in [0.1, 0.15) is 36.0 Å². The van der Waals surface area contributed by atoms with E-state index in [1.165, 1.54) is 23.7 Å². The Kier molecular flexibility index (Phi) is 5.60. The Morgan fingerprint density at radius 3 is 3.04 bits per heavy atom. The van der Waals surface area contributed by atoms with Gasteiger partial charge < -0.3 is 21.2 Å². The topological polar surface area (TPSA) is 96.9 Å². The number of benzene rings is 1. The number of nitrogen functional groups attached to an aromatic ring is 1. The van der Waals surface area contributed by atoms with Crippen molar-refractivity contribution in [1.82, 2.24) is 9.97 Å². The number of rotatable bonds is 7. The molecule has 2 atom stereocenters. The van der Waals surface area contributed by atoms with Gasteiger partial charge in [-0.3, -0.25) is 0 Å². The molecule has 6 heteroatoms. The normalized spacial score (nSPS) is 19.7. The number of hydrogen-bond acceptors (Lipinski definition) is 6. The van der Waals surface area contributed by atoms with Crippen LogP contribution in [0.2, 0.25) is 0 Å². The molecule has 1 heterocycles. The second-order valence-corrected chi connectivity index (χ2v) is 6.55. The average molecular weight is 339 g/mol. The molecule has 1 fully saturated rings. The van der Waals surface area contributed by atoms with E-state index in [0.29, 0.717) is 17.2 Å². The van der Waals surface area contributed by atoms with E-state index in [1.807, 2.05) is 0 Å². The predicted octanol–water partition coefficient (Wildman–Crippen LogP) is 2.96. The number of nitrogens with two attached hydrogens (primary N) is 1. The zero-order chi connectivity index (χ0) is 17.6. The Hall–Kier alpha value is -2.47. The Labute approximate surface area is 148 Å².